The highest BCUT2D eigenvalue weighted by Crippen LogP contribution is 2.34. The third-order valence-electron chi connectivity index (χ3n) is 4.65. The van der Waals surface area contributed by atoms with E-state index in [1.807, 2.05) is 24.3 Å². The molecule has 1 aromatic rings. The molecule has 2 unspecified atom stereocenters. The first-order valence-electron chi connectivity index (χ1n) is 9.04. The fourth-order valence-electron chi connectivity index (χ4n) is 3.11. The molecule has 1 aliphatic heterocycles. The summed E-state index contributed by atoms with van der Waals surface area (Å²) < 4.78 is 10.5. The molecule has 2 atom stereocenters. The van der Waals surface area contributed by atoms with Crippen LogP contribution in [0.1, 0.15) is 46.1 Å². The van der Waals surface area contributed by atoms with E-state index in [9.17, 15) is 14.7 Å². The van der Waals surface area contributed by atoms with Gasteiger partial charge in [0.25, 0.3) is 0 Å². The Morgan fingerprint density at radius 3 is 2.30 bits per heavy atom. The third kappa shape index (κ3) is 4.91. The highest BCUT2D eigenvalue weighted by molar-refractivity contribution is 5.89. The van der Waals surface area contributed by atoms with Crippen molar-refractivity contribution in [3.63, 3.8) is 0 Å². The Labute approximate surface area is 160 Å². The number of nitrogens with one attached hydrogen (secondary N) is 1. The molecule has 1 fully saturated rings. The molecule has 0 aliphatic carbocycles. The number of aliphatic hydroxyl groups is 1. The molecule has 1 aromatic carbocycles. The number of methoxy groups -OCH3 is 1. The van der Waals surface area contributed by atoms with Crippen molar-refractivity contribution in [2.45, 2.75) is 57.7 Å². The molecular weight excluding hydrogens is 348 g/mol. The van der Waals surface area contributed by atoms with Crippen LogP contribution >= 0.6 is 0 Å². The molecule has 1 heterocycles. The zero-order chi connectivity index (χ0) is 20.4. The highest BCUT2D eigenvalue weighted by atomic mass is 16.6. The smallest absolute Gasteiger partial charge is 0.408 e. The Bertz CT molecular complexity index is 679. The Morgan fingerprint density at radius 2 is 1.81 bits per heavy atom. The molecule has 2 amide bonds. The van der Waals surface area contributed by atoms with Gasteiger partial charge in [0.2, 0.25) is 5.91 Å². The van der Waals surface area contributed by atoms with E-state index in [1.165, 1.54) is 0 Å². The Morgan fingerprint density at radius 1 is 1.22 bits per heavy atom. The van der Waals surface area contributed by atoms with E-state index in [-0.39, 0.29) is 18.4 Å². The molecule has 7 heteroatoms. The van der Waals surface area contributed by atoms with Crippen LogP contribution in [-0.4, -0.2) is 59.5 Å². The van der Waals surface area contributed by atoms with Crippen LogP contribution in [0, 0.1) is 0 Å². The van der Waals surface area contributed by atoms with Gasteiger partial charge in [-0.2, -0.15) is 0 Å². The Hall–Kier alpha value is -2.28. The first kappa shape index (κ1) is 21.0. The maximum atomic E-state index is 13.0. The van der Waals surface area contributed by atoms with Gasteiger partial charge in [-0.05, 0) is 52.3 Å². The normalized spacial score (nSPS) is 20.6. The summed E-state index contributed by atoms with van der Waals surface area (Å²) in [5.74, 6) is 0.217. The standard InChI is InChI=1S/C20H30N2O5/c1-19(2,3)27-18(25)21-16-15(13-7-9-14(26-6)10-8-13)11-22(17(16)24)20(4,5)12-23/h7-10,15-16,23H,11-12H2,1-6H3,(H,21,25). The summed E-state index contributed by atoms with van der Waals surface area (Å²) in [6, 6.07) is 6.65. The average Bonchev–Trinajstić information content (AvgIpc) is 2.91. The number of hydrogen-bond donors (Lipinski definition) is 2. The summed E-state index contributed by atoms with van der Waals surface area (Å²) in [7, 11) is 1.59. The molecule has 0 radical (unpaired) electrons. The summed E-state index contributed by atoms with van der Waals surface area (Å²) in [5.41, 5.74) is -0.487. The van der Waals surface area contributed by atoms with Gasteiger partial charge >= 0.3 is 6.09 Å². The second-order valence-electron chi connectivity index (χ2n) is 8.42. The minimum atomic E-state index is -0.765. The van der Waals surface area contributed by atoms with Gasteiger partial charge in [-0.1, -0.05) is 12.1 Å². The van der Waals surface area contributed by atoms with Crippen LogP contribution in [0.15, 0.2) is 24.3 Å². The summed E-state index contributed by atoms with van der Waals surface area (Å²) >= 11 is 0. The van der Waals surface area contributed by atoms with Crippen LogP contribution in [-0.2, 0) is 9.53 Å². The molecule has 2 N–H and O–H groups in total. The second kappa shape index (κ2) is 7.76. The lowest BCUT2D eigenvalue weighted by atomic mass is 9.94. The molecule has 0 saturated carbocycles. The average molecular weight is 378 g/mol. The maximum Gasteiger partial charge on any atom is 0.408 e. The summed E-state index contributed by atoms with van der Waals surface area (Å²) in [6.07, 6.45) is -0.636. The number of carbonyl (C=O) groups excluding carboxylic acids is 2. The van der Waals surface area contributed by atoms with Crippen molar-refractivity contribution in [1.82, 2.24) is 10.2 Å². The van der Waals surface area contributed by atoms with Crippen molar-refractivity contribution >= 4 is 12.0 Å². The van der Waals surface area contributed by atoms with Gasteiger partial charge in [0.15, 0.2) is 0 Å². The number of carbonyl (C=O) groups is 2. The lowest BCUT2D eigenvalue weighted by molar-refractivity contribution is -0.135. The zero-order valence-corrected chi connectivity index (χ0v) is 16.9. The van der Waals surface area contributed by atoms with Gasteiger partial charge in [0.1, 0.15) is 17.4 Å². The van der Waals surface area contributed by atoms with Crippen molar-refractivity contribution in [1.29, 1.82) is 0 Å². The first-order chi connectivity index (χ1) is 12.5. The van der Waals surface area contributed by atoms with Gasteiger partial charge in [-0.15, -0.1) is 0 Å². The number of nitrogens with zero attached hydrogens (tertiary/aromatic N) is 1. The largest absolute Gasteiger partial charge is 0.497 e. The molecule has 1 aliphatic rings. The number of alkyl carbamates (subject to hydrolysis) is 1. The highest BCUT2D eigenvalue weighted by Gasteiger charge is 2.47. The van der Waals surface area contributed by atoms with Gasteiger partial charge in [0.05, 0.1) is 19.3 Å². The lowest BCUT2D eigenvalue weighted by Gasteiger charge is -2.34. The fourth-order valence-corrected chi connectivity index (χ4v) is 3.11. The van der Waals surface area contributed by atoms with E-state index in [0.29, 0.717) is 12.3 Å². The first-order valence-corrected chi connectivity index (χ1v) is 9.04. The van der Waals surface area contributed by atoms with E-state index >= 15 is 0 Å². The zero-order valence-electron chi connectivity index (χ0n) is 16.9. The number of aliphatic hydroxyl groups excluding tert-OH is 1. The Balaban J connectivity index is 2.31. The molecule has 2 rings (SSSR count). The number of ether oxygens (including phenoxy) is 2. The monoisotopic (exact) mass is 378 g/mol. The van der Waals surface area contributed by atoms with E-state index in [2.05, 4.69) is 5.32 Å². The quantitative estimate of drug-likeness (QED) is 0.821. The summed E-state index contributed by atoms with van der Waals surface area (Å²) in [4.78, 5) is 26.9. The molecule has 150 valence electrons. The second-order valence-corrected chi connectivity index (χ2v) is 8.42. The van der Waals surface area contributed by atoms with Crippen molar-refractivity contribution in [3.05, 3.63) is 29.8 Å². The maximum absolute atomic E-state index is 13.0. The number of rotatable bonds is 5. The van der Waals surface area contributed by atoms with Crippen molar-refractivity contribution < 1.29 is 24.2 Å². The van der Waals surface area contributed by atoms with Crippen LogP contribution in [0.3, 0.4) is 0 Å². The minimum absolute atomic E-state index is 0.173. The van der Waals surface area contributed by atoms with E-state index in [4.69, 9.17) is 9.47 Å². The van der Waals surface area contributed by atoms with Crippen molar-refractivity contribution in [2.75, 3.05) is 20.3 Å². The van der Waals surface area contributed by atoms with E-state index in [0.717, 1.165) is 5.56 Å². The summed E-state index contributed by atoms with van der Waals surface area (Å²) in [6.45, 7) is 9.12. The van der Waals surface area contributed by atoms with Crippen LogP contribution in [0.4, 0.5) is 4.79 Å². The topological polar surface area (TPSA) is 88.1 Å². The Kier molecular flexibility index (Phi) is 6.04. The molecule has 27 heavy (non-hydrogen) atoms. The molecule has 1 saturated heterocycles. The van der Waals surface area contributed by atoms with Gasteiger partial charge < -0.3 is 24.8 Å². The molecular formula is C20H30N2O5. The number of likely N-dealkylation sites (tertiary alicyclic amines) is 1. The SMILES string of the molecule is COc1ccc(C2CN(C(C)(C)CO)C(=O)C2NC(=O)OC(C)(C)C)cc1. The van der Waals surface area contributed by atoms with E-state index in [1.54, 1.807) is 46.6 Å². The van der Waals surface area contributed by atoms with Gasteiger partial charge in [0, 0.05) is 12.5 Å². The number of benzene rings is 1. The van der Waals surface area contributed by atoms with Crippen molar-refractivity contribution in [2.24, 2.45) is 0 Å². The van der Waals surface area contributed by atoms with Crippen LogP contribution in [0.2, 0.25) is 0 Å². The van der Waals surface area contributed by atoms with Gasteiger partial charge in [-0.25, -0.2) is 4.79 Å². The number of amides is 2. The van der Waals surface area contributed by atoms with Crippen LogP contribution in [0.25, 0.3) is 0 Å². The summed E-state index contributed by atoms with van der Waals surface area (Å²) in [5, 5.41) is 12.4. The minimum Gasteiger partial charge on any atom is -0.497 e. The number of hydrogen-bond acceptors (Lipinski definition) is 5. The molecule has 0 aromatic heterocycles. The lowest BCUT2D eigenvalue weighted by Crippen LogP contribution is -2.51. The predicted octanol–water partition coefficient (Wildman–Crippen LogP) is 2.29. The third-order valence-corrected chi connectivity index (χ3v) is 4.65. The van der Waals surface area contributed by atoms with Crippen LogP contribution in [0.5, 0.6) is 5.75 Å². The fraction of sp³-hybridized carbons (Fsp3) is 0.600. The van der Waals surface area contributed by atoms with E-state index < -0.39 is 23.3 Å². The molecule has 0 spiro atoms. The van der Waals surface area contributed by atoms with Crippen molar-refractivity contribution in [3.8, 4) is 5.75 Å². The molecule has 7 nitrogen and oxygen atoms in total. The molecule has 0 bridgehead atoms. The van der Waals surface area contributed by atoms with Gasteiger partial charge in [-0.3, -0.25) is 4.79 Å². The predicted molar refractivity (Wildman–Crippen MR) is 102 cm³/mol. The van der Waals surface area contributed by atoms with Crippen LogP contribution < -0.4 is 10.1 Å².